The summed E-state index contributed by atoms with van der Waals surface area (Å²) in [6, 6.07) is 14.6. The molecule has 1 aliphatic rings. The van der Waals surface area contributed by atoms with Gasteiger partial charge >= 0.3 is 6.18 Å². The highest BCUT2D eigenvalue weighted by Crippen LogP contribution is 2.34. The molecular formula is C24H22ClF3N4O. The van der Waals surface area contributed by atoms with Gasteiger partial charge in [-0.2, -0.15) is 13.2 Å². The highest BCUT2D eigenvalue weighted by atomic mass is 35.5. The Kier molecular flexibility index (Phi) is 6.56. The van der Waals surface area contributed by atoms with Crippen molar-refractivity contribution in [3.63, 3.8) is 0 Å². The van der Waals surface area contributed by atoms with Crippen LogP contribution in [0.15, 0.2) is 54.6 Å². The molecule has 1 atom stereocenters. The first kappa shape index (κ1) is 23.0. The second-order valence-corrected chi connectivity index (χ2v) is 8.47. The lowest BCUT2D eigenvalue weighted by Crippen LogP contribution is -2.41. The highest BCUT2D eigenvalue weighted by Gasteiger charge is 2.32. The monoisotopic (exact) mass is 474 g/mol. The van der Waals surface area contributed by atoms with Gasteiger partial charge in [-0.25, -0.2) is 0 Å². The van der Waals surface area contributed by atoms with E-state index in [9.17, 15) is 18.0 Å². The van der Waals surface area contributed by atoms with Crippen molar-refractivity contribution < 1.29 is 18.0 Å². The third-order valence-electron chi connectivity index (χ3n) is 5.74. The normalized spacial score (nSPS) is 16.5. The summed E-state index contributed by atoms with van der Waals surface area (Å²) in [4.78, 5) is 14.8. The molecule has 5 nitrogen and oxygen atoms in total. The summed E-state index contributed by atoms with van der Waals surface area (Å²) in [7, 11) is 0. The number of aryl methyl sites for hydroxylation is 1. The molecule has 2 aromatic carbocycles. The van der Waals surface area contributed by atoms with Gasteiger partial charge in [0, 0.05) is 18.7 Å². The van der Waals surface area contributed by atoms with Crippen molar-refractivity contribution >= 4 is 29.0 Å². The molecule has 1 unspecified atom stereocenters. The average Bonchev–Trinajstić information content (AvgIpc) is 2.80. The van der Waals surface area contributed by atoms with E-state index in [1.54, 1.807) is 0 Å². The summed E-state index contributed by atoms with van der Waals surface area (Å²) in [6.07, 6.45) is -3.15. The van der Waals surface area contributed by atoms with Crippen LogP contribution in [0.25, 0.3) is 11.3 Å². The second kappa shape index (κ2) is 9.39. The largest absolute Gasteiger partial charge is 0.416 e. The maximum Gasteiger partial charge on any atom is 0.416 e. The number of piperidine rings is 1. The van der Waals surface area contributed by atoms with Crippen LogP contribution in [0.5, 0.6) is 0 Å². The number of aromatic nitrogens is 2. The minimum Gasteiger partial charge on any atom is -0.354 e. The Bertz CT molecular complexity index is 1150. The molecule has 4 rings (SSSR count). The van der Waals surface area contributed by atoms with Crippen molar-refractivity contribution in [3.8, 4) is 11.3 Å². The van der Waals surface area contributed by atoms with Crippen LogP contribution in [0, 0.1) is 12.8 Å². The molecule has 0 spiro atoms. The standard InChI is InChI=1S/C24H22ClF3N4O/c1-15-5-2-3-7-18(15)20-10-11-22(31-30-20)32-12-4-6-16(14-32)23(33)29-21-13-17(24(26,27)28)8-9-19(21)25/h2-3,5,7-11,13,16H,4,6,12,14H2,1H3,(H,29,33). The van der Waals surface area contributed by atoms with Gasteiger partial charge in [0.25, 0.3) is 0 Å². The zero-order valence-electron chi connectivity index (χ0n) is 17.9. The molecule has 0 bridgehead atoms. The quantitative estimate of drug-likeness (QED) is 0.505. The van der Waals surface area contributed by atoms with E-state index in [2.05, 4.69) is 15.5 Å². The molecule has 33 heavy (non-hydrogen) atoms. The number of anilines is 2. The Balaban J connectivity index is 1.46. The molecule has 1 aromatic heterocycles. The Morgan fingerprint density at radius 1 is 1.12 bits per heavy atom. The minimum absolute atomic E-state index is 0.0454. The van der Waals surface area contributed by atoms with E-state index in [-0.39, 0.29) is 16.6 Å². The van der Waals surface area contributed by atoms with Gasteiger partial charge in [0.15, 0.2) is 5.82 Å². The van der Waals surface area contributed by atoms with E-state index in [0.29, 0.717) is 25.3 Å². The van der Waals surface area contributed by atoms with Crippen LogP contribution in [-0.2, 0) is 11.0 Å². The summed E-state index contributed by atoms with van der Waals surface area (Å²) in [6.45, 7) is 3.11. The number of alkyl halides is 3. The van der Waals surface area contributed by atoms with Gasteiger partial charge in [-0.05, 0) is 55.7 Å². The molecule has 0 radical (unpaired) electrons. The lowest BCUT2D eigenvalue weighted by Gasteiger charge is -2.32. The van der Waals surface area contributed by atoms with Crippen LogP contribution >= 0.6 is 11.6 Å². The first-order valence-electron chi connectivity index (χ1n) is 10.5. The Morgan fingerprint density at radius 2 is 1.91 bits per heavy atom. The van der Waals surface area contributed by atoms with Gasteiger partial charge in [0.05, 0.1) is 27.9 Å². The number of halogens is 4. The number of carbonyl (C=O) groups is 1. The number of nitrogens with one attached hydrogen (secondary N) is 1. The molecule has 172 valence electrons. The van der Waals surface area contributed by atoms with E-state index in [0.717, 1.165) is 41.4 Å². The summed E-state index contributed by atoms with van der Waals surface area (Å²) < 4.78 is 39.0. The van der Waals surface area contributed by atoms with Crippen LogP contribution < -0.4 is 10.2 Å². The Labute approximate surface area is 194 Å². The number of rotatable bonds is 4. The van der Waals surface area contributed by atoms with Crippen molar-refractivity contribution in [1.82, 2.24) is 10.2 Å². The van der Waals surface area contributed by atoms with Crippen LogP contribution in [0.1, 0.15) is 24.0 Å². The molecular weight excluding hydrogens is 453 g/mol. The van der Waals surface area contributed by atoms with Crippen molar-refractivity contribution in [3.05, 3.63) is 70.7 Å². The topological polar surface area (TPSA) is 58.1 Å². The fourth-order valence-electron chi connectivity index (χ4n) is 3.93. The number of hydrogen-bond acceptors (Lipinski definition) is 4. The van der Waals surface area contributed by atoms with E-state index in [1.165, 1.54) is 0 Å². The van der Waals surface area contributed by atoms with Crippen molar-refractivity contribution in [1.29, 1.82) is 0 Å². The predicted molar refractivity (Wildman–Crippen MR) is 122 cm³/mol. The van der Waals surface area contributed by atoms with Gasteiger partial charge in [-0.15, -0.1) is 10.2 Å². The van der Waals surface area contributed by atoms with Crippen LogP contribution in [0.4, 0.5) is 24.7 Å². The summed E-state index contributed by atoms with van der Waals surface area (Å²) in [5.74, 6) is -0.130. The zero-order valence-corrected chi connectivity index (χ0v) is 18.6. The number of amides is 1. The highest BCUT2D eigenvalue weighted by molar-refractivity contribution is 6.33. The second-order valence-electron chi connectivity index (χ2n) is 8.06. The Morgan fingerprint density at radius 3 is 2.61 bits per heavy atom. The molecule has 1 amide bonds. The maximum atomic E-state index is 13.0. The van der Waals surface area contributed by atoms with Gasteiger partial charge in [0.1, 0.15) is 0 Å². The van der Waals surface area contributed by atoms with Gasteiger partial charge in [0.2, 0.25) is 5.91 Å². The number of nitrogens with zero attached hydrogens (tertiary/aromatic N) is 3. The zero-order chi connectivity index (χ0) is 23.6. The van der Waals surface area contributed by atoms with E-state index < -0.39 is 17.7 Å². The third-order valence-corrected chi connectivity index (χ3v) is 6.07. The van der Waals surface area contributed by atoms with E-state index in [1.807, 2.05) is 48.2 Å². The molecule has 3 aromatic rings. The first-order chi connectivity index (χ1) is 15.7. The molecule has 2 heterocycles. The smallest absolute Gasteiger partial charge is 0.354 e. The van der Waals surface area contributed by atoms with E-state index in [4.69, 9.17) is 11.6 Å². The summed E-state index contributed by atoms with van der Waals surface area (Å²) in [5, 5.41) is 11.3. The predicted octanol–water partition coefficient (Wildman–Crippen LogP) is 5.98. The average molecular weight is 475 g/mol. The van der Waals surface area contributed by atoms with Crippen molar-refractivity contribution in [2.24, 2.45) is 5.92 Å². The fourth-order valence-corrected chi connectivity index (χ4v) is 4.09. The van der Waals surface area contributed by atoms with Crippen LogP contribution in [-0.4, -0.2) is 29.2 Å². The van der Waals surface area contributed by atoms with E-state index >= 15 is 0 Å². The minimum atomic E-state index is -4.52. The molecule has 1 aliphatic heterocycles. The third kappa shape index (κ3) is 5.27. The Hall–Kier alpha value is -3.13. The molecule has 9 heteroatoms. The fraction of sp³-hybridized carbons (Fsp3) is 0.292. The molecule has 1 fully saturated rings. The molecule has 1 N–H and O–H groups in total. The van der Waals surface area contributed by atoms with Gasteiger partial charge in [-0.3, -0.25) is 4.79 Å². The lowest BCUT2D eigenvalue weighted by atomic mass is 9.97. The van der Waals surface area contributed by atoms with Crippen LogP contribution in [0.3, 0.4) is 0 Å². The molecule has 0 aliphatic carbocycles. The summed E-state index contributed by atoms with van der Waals surface area (Å²) >= 11 is 6.02. The molecule has 0 saturated carbocycles. The number of benzene rings is 2. The van der Waals surface area contributed by atoms with Crippen LogP contribution in [0.2, 0.25) is 5.02 Å². The number of carbonyl (C=O) groups excluding carboxylic acids is 1. The maximum absolute atomic E-state index is 13.0. The SMILES string of the molecule is Cc1ccccc1-c1ccc(N2CCCC(C(=O)Nc3cc(C(F)(F)F)ccc3Cl)C2)nn1. The molecule has 1 saturated heterocycles. The van der Waals surface area contributed by atoms with Gasteiger partial charge in [-0.1, -0.05) is 35.9 Å². The van der Waals surface area contributed by atoms with Crippen molar-refractivity contribution in [2.45, 2.75) is 25.9 Å². The van der Waals surface area contributed by atoms with Gasteiger partial charge < -0.3 is 10.2 Å². The lowest BCUT2D eigenvalue weighted by molar-refractivity contribution is -0.137. The summed E-state index contributed by atoms with van der Waals surface area (Å²) in [5.41, 5.74) is 1.96. The first-order valence-corrected chi connectivity index (χ1v) is 10.9. The van der Waals surface area contributed by atoms with Crippen molar-refractivity contribution in [2.75, 3.05) is 23.3 Å². The number of hydrogen-bond donors (Lipinski definition) is 1.